The summed E-state index contributed by atoms with van der Waals surface area (Å²) >= 11 is 0. The Kier molecular flexibility index (Phi) is 4.27. The van der Waals surface area contributed by atoms with Gasteiger partial charge in [-0.25, -0.2) is 0 Å². The van der Waals surface area contributed by atoms with E-state index in [0.717, 1.165) is 12.1 Å². The van der Waals surface area contributed by atoms with E-state index >= 15 is 0 Å². The van der Waals surface area contributed by atoms with Crippen molar-refractivity contribution in [3.05, 3.63) is 35.4 Å². The van der Waals surface area contributed by atoms with Crippen LogP contribution in [0.1, 0.15) is 11.1 Å². The van der Waals surface area contributed by atoms with Gasteiger partial charge in [0.1, 0.15) is 0 Å². The van der Waals surface area contributed by atoms with Crippen molar-refractivity contribution in [2.75, 3.05) is 0 Å². The number of ether oxygens (including phenoxy) is 1. The molecule has 0 spiro atoms. The molecule has 0 aromatic heterocycles. The predicted molar refractivity (Wildman–Crippen MR) is 56.1 cm³/mol. The molecular weight excluding hydrogens is 264 g/mol. The van der Waals surface area contributed by atoms with Crippen molar-refractivity contribution in [1.82, 2.24) is 0 Å². The lowest BCUT2D eigenvalue weighted by atomic mass is 10.1. The minimum Gasteiger partial charge on any atom is -0.340 e. The predicted octanol–water partition coefficient (Wildman–Crippen LogP) is -3.44. The van der Waals surface area contributed by atoms with Gasteiger partial charge in [0.25, 0.3) is 0 Å². The van der Waals surface area contributed by atoms with Gasteiger partial charge in [0, 0.05) is 5.56 Å². The first-order chi connectivity index (χ1) is 8.43. The molecule has 0 bridgehead atoms. The fourth-order valence-electron chi connectivity index (χ4n) is 1.11. The van der Waals surface area contributed by atoms with E-state index in [1.807, 2.05) is 0 Å². The summed E-state index contributed by atoms with van der Waals surface area (Å²) in [5.41, 5.74) is 0.0149. The Balaban J connectivity index is 2.70. The SMILES string of the molecule is OC(O)(O)c1ccc(COC(O)(O)C(O)(O)O)cc1. The molecule has 0 saturated carbocycles. The van der Waals surface area contributed by atoms with E-state index in [0.29, 0.717) is 0 Å². The van der Waals surface area contributed by atoms with Gasteiger partial charge in [0.15, 0.2) is 0 Å². The molecule has 0 radical (unpaired) electrons. The Morgan fingerprint density at radius 1 is 0.789 bits per heavy atom. The van der Waals surface area contributed by atoms with Crippen LogP contribution in [-0.2, 0) is 17.3 Å². The van der Waals surface area contributed by atoms with Crippen LogP contribution in [0.25, 0.3) is 0 Å². The van der Waals surface area contributed by atoms with Gasteiger partial charge in [-0.1, -0.05) is 24.3 Å². The summed E-state index contributed by atoms with van der Waals surface area (Å²) < 4.78 is 4.28. The normalized spacial score (nSPS) is 13.7. The quantitative estimate of drug-likeness (QED) is 0.255. The zero-order valence-corrected chi connectivity index (χ0v) is 9.50. The van der Waals surface area contributed by atoms with Gasteiger partial charge in [-0.15, -0.1) is 0 Å². The Morgan fingerprint density at radius 3 is 1.63 bits per heavy atom. The molecule has 0 aliphatic carbocycles. The van der Waals surface area contributed by atoms with E-state index in [-0.39, 0.29) is 11.1 Å². The molecule has 0 aliphatic rings. The Hall–Kier alpha value is -1.14. The molecule has 9 heteroatoms. The second-order valence-electron chi connectivity index (χ2n) is 3.86. The molecule has 0 aliphatic heterocycles. The Labute approximate surface area is 106 Å². The molecule has 108 valence electrons. The fraction of sp³-hybridized carbons (Fsp3) is 0.400. The number of rotatable bonds is 5. The molecule has 0 unspecified atom stereocenters. The number of hydrogen-bond acceptors (Lipinski definition) is 9. The fourth-order valence-corrected chi connectivity index (χ4v) is 1.11. The van der Waals surface area contributed by atoms with E-state index in [1.54, 1.807) is 0 Å². The van der Waals surface area contributed by atoms with E-state index in [1.165, 1.54) is 12.1 Å². The van der Waals surface area contributed by atoms with Crippen molar-refractivity contribution in [2.24, 2.45) is 0 Å². The molecule has 19 heavy (non-hydrogen) atoms. The number of hydrogen-bond donors (Lipinski definition) is 8. The van der Waals surface area contributed by atoms with Gasteiger partial charge in [0.2, 0.25) is 0 Å². The first kappa shape index (κ1) is 15.9. The molecule has 0 atom stereocenters. The molecule has 1 aromatic rings. The average Bonchev–Trinajstić information content (AvgIpc) is 2.24. The standard InChI is InChI=1S/C10H14O9/c11-8(12,13)7-3-1-6(2-4-7)5-19-10(17,18)9(14,15)16/h1-4,11-18H,5H2. The van der Waals surface area contributed by atoms with Gasteiger partial charge in [-0.2, -0.15) is 0 Å². The summed E-state index contributed by atoms with van der Waals surface area (Å²) in [6.07, 6.45) is 0. The highest BCUT2D eigenvalue weighted by Crippen LogP contribution is 2.19. The summed E-state index contributed by atoms with van der Waals surface area (Å²) in [7, 11) is 0. The van der Waals surface area contributed by atoms with Crippen LogP contribution in [0, 0.1) is 0 Å². The zero-order valence-electron chi connectivity index (χ0n) is 9.50. The minimum absolute atomic E-state index is 0.240. The van der Waals surface area contributed by atoms with Gasteiger partial charge >= 0.3 is 17.9 Å². The third kappa shape index (κ3) is 4.18. The minimum atomic E-state index is -3.87. The molecule has 1 aromatic carbocycles. The Morgan fingerprint density at radius 2 is 1.26 bits per heavy atom. The first-order valence-electron chi connectivity index (χ1n) is 4.96. The Bertz CT molecular complexity index is 412. The summed E-state index contributed by atoms with van der Waals surface area (Å²) in [6.45, 7) is -0.550. The zero-order chi connectivity index (χ0) is 14.9. The lowest BCUT2D eigenvalue weighted by molar-refractivity contribution is -0.524. The second-order valence-corrected chi connectivity index (χ2v) is 3.86. The molecule has 0 heterocycles. The van der Waals surface area contributed by atoms with Crippen LogP contribution in [0.3, 0.4) is 0 Å². The van der Waals surface area contributed by atoms with Gasteiger partial charge in [-0.05, 0) is 5.56 Å². The molecule has 0 amide bonds. The third-order valence-corrected chi connectivity index (χ3v) is 2.22. The molecule has 9 nitrogen and oxygen atoms in total. The summed E-state index contributed by atoms with van der Waals surface area (Å²) in [6, 6.07) is 4.69. The van der Waals surface area contributed by atoms with Crippen molar-refractivity contribution in [3.8, 4) is 0 Å². The monoisotopic (exact) mass is 278 g/mol. The van der Waals surface area contributed by atoms with Crippen LogP contribution in [0.15, 0.2) is 24.3 Å². The maximum absolute atomic E-state index is 8.96. The van der Waals surface area contributed by atoms with Crippen LogP contribution >= 0.6 is 0 Å². The second kappa shape index (κ2) is 5.09. The molecule has 0 fully saturated rings. The smallest absolute Gasteiger partial charge is 0.340 e. The molecule has 1 rings (SSSR count). The summed E-state index contributed by atoms with van der Waals surface area (Å²) in [5.74, 6) is -10.5. The van der Waals surface area contributed by atoms with Crippen LogP contribution in [0.2, 0.25) is 0 Å². The van der Waals surface area contributed by atoms with E-state index in [9.17, 15) is 0 Å². The lowest BCUT2D eigenvalue weighted by Gasteiger charge is -2.29. The van der Waals surface area contributed by atoms with Crippen molar-refractivity contribution >= 4 is 0 Å². The lowest BCUT2D eigenvalue weighted by Crippen LogP contribution is -2.56. The molecular formula is C10H14O9. The van der Waals surface area contributed by atoms with Crippen molar-refractivity contribution in [3.63, 3.8) is 0 Å². The highest BCUT2D eigenvalue weighted by molar-refractivity contribution is 5.23. The van der Waals surface area contributed by atoms with Crippen molar-refractivity contribution < 1.29 is 45.6 Å². The first-order valence-corrected chi connectivity index (χ1v) is 4.96. The largest absolute Gasteiger partial charge is 0.365 e. The van der Waals surface area contributed by atoms with Crippen LogP contribution < -0.4 is 0 Å². The van der Waals surface area contributed by atoms with Gasteiger partial charge in [-0.3, -0.25) is 0 Å². The topological polar surface area (TPSA) is 171 Å². The van der Waals surface area contributed by atoms with E-state index < -0.39 is 24.5 Å². The highest BCUT2D eigenvalue weighted by atomic mass is 16.8. The summed E-state index contributed by atoms with van der Waals surface area (Å²) in [4.78, 5) is 0. The van der Waals surface area contributed by atoms with Gasteiger partial charge < -0.3 is 45.6 Å². The van der Waals surface area contributed by atoms with Gasteiger partial charge in [0.05, 0.1) is 6.61 Å². The van der Waals surface area contributed by atoms with Crippen LogP contribution in [0.4, 0.5) is 0 Å². The molecule has 8 N–H and O–H groups in total. The van der Waals surface area contributed by atoms with E-state index in [4.69, 9.17) is 40.9 Å². The number of benzene rings is 1. The van der Waals surface area contributed by atoms with Crippen LogP contribution in [-0.4, -0.2) is 52.8 Å². The maximum Gasteiger partial charge on any atom is 0.365 e. The van der Waals surface area contributed by atoms with Crippen LogP contribution in [0.5, 0.6) is 0 Å². The molecule has 0 saturated heterocycles. The highest BCUT2D eigenvalue weighted by Gasteiger charge is 2.48. The maximum atomic E-state index is 8.96. The van der Waals surface area contributed by atoms with E-state index in [2.05, 4.69) is 4.74 Å². The van der Waals surface area contributed by atoms with Crippen molar-refractivity contribution in [1.29, 1.82) is 0 Å². The summed E-state index contributed by atoms with van der Waals surface area (Å²) in [5, 5.41) is 70.1. The number of aliphatic hydroxyl groups is 8. The third-order valence-electron chi connectivity index (χ3n) is 2.22. The van der Waals surface area contributed by atoms with Crippen molar-refractivity contribution in [2.45, 2.75) is 24.5 Å². The average molecular weight is 278 g/mol.